The lowest BCUT2D eigenvalue weighted by Crippen LogP contribution is -2.32. The molecule has 0 N–H and O–H groups in total. The van der Waals surface area contributed by atoms with Crippen LogP contribution in [0.4, 0.5) is 0 Å². The highest BCUT2D eigenvalue weighted by Gasteiger charge is 2.18. The van der Waals surface area contributed by atoms with E-state index >= 15 is 0 Å². The van der Waals surface area contributed by atoms with Crippen LogP contribution in [0.15, 0.2) is 115 Å². The number of hydrogen-bond acceptors (Lipinski definition) is 0. The van der Waals surface area contributed by atoms with Crippen LogP contribution in [-0.4, -0.2) is 9.13 Å². The van der Waals surface area contributed by atoms with Crippen molar-refractivity contribution in [2.75, 3.05) is 0 Å². The first-order valence-electron chi connectivity index (χ1n) is 13.7. The largest absolute Gasteiger partial charge is 0.310 e. The van der Waals surface area contributed by atoms with Crippen LogP contribution >= 0.6 is 0 Å². The molecule has 0 saturated heterocycles. The average molecular weight is 503 g/mol. The van der Waals surface area contributed by atoms with Crippen molar-refractivity contribution in [3.63, 3.8) is 0 Å². The summed E-state index contributed by atoms with van der Waals surface area (Å²) in [7, 11) is 0. The van der Waals surface area contributed by atoms with E-state index in [1.165, 1.54) is 49.2 Å². The lowest BCUT2D eigenvalue weighted by atomic mass is 9.94. The molecular formula is C37H30N2. The molecule has 39 heavy (non-hydrogen) atoms. The molecule has 1 aliphatic rings. The van der Waals surface area contributed by atoms with Gasteiger partial charge in [0.15, 0.2) is 0 Å². The molecule has 2 heterocycles. The molecular weight excluding hydrogens is 472 g/mol. The molecule has 1 aliphatic carbocycles. The fourth-order valence-corrected chi connectivity index (χ4v) is 6.17. The Balaban J connectivity index is 1.58. The fourth-order valence-electron chi connectivity index (χ4n) is 6.17. The predicted octanol–water partition coefficient (Wildman–Crippen LogP) is 6.11. The average Bonchev–Trinajstić information content (AvgIpc) is 3.48. The zero-order valence-electron chi connectivity index (χ0n) is 22.1. The van der Waals surface area contributed by atoms with E-state index in [-0.39, 0.29) is 0 Å². The van der Waals surface area contributed by atoms with E-state index < -0.39 is 0 Å². The molecule has 7 rings (SSSR count). The number of hydrogen-bond donors (Lipinski definition) is 0. The molecule has 4 aromatic carbocycles. The molecule has 0 atom stereocenters. The first-order chi connectivity index (χ1) is 19.3. The second-order valence-corrected chi connectivity index (χ2v) is 10.1. The number of allylic oxidation sites excluding steroid dienone is 2. The summed E-state index contributed by atoms with van der Waals surface area (Å²) in [5.74, 6) is 0. The SMILES string of the molecule is C=c1/c(=C\C=C/C)n(-c2ccccc2)c2cc(C3=c4c(n(-c5ccccc5)c5ccccc45)=CCC3)ccc12. The summed E-state index contributed by atoms with van der Waals surface area (Å²) in [4.78, 5) is 0. The standard InChI is InChI=1S/C37H30N2/c1-3-4-20-33-26(2)30-24-23-27(25-36(30)38(33)28-14-7-5-8-15-28)31-19-13-22-35-37(31)32-18-11-12-21-34(32)39(35)29-16-9-6-10-17-29/h3-12,14-18,20-25H,2,13,19H2,1H3/b4-3-,33-20+. The monoisotopic (exact) mass is 502 g/mol. The Morgan fingerprint density at radius 3 is 2.15 bits per heavy atom. The zero-order valence-corrected chi connectivity index (χ0v) is 22.1. The maximum Gasteiger partial charge on any atom is 0.0546 e. The Bertz CT molecular complexity index is 2120. The third-order valence-corrected chi connectivity index (χ3v) is 7.88. The topological polar surface area (TPSA) is 9.86 Å². The van der Waals surface area contributed by atoms with Crippen molar-refractivity contribution >= 4 is 46.1 Å². The first kappa shape index (κ1) is 23.3. The molecule has 2 heteroatoms. The Hall–Kier alpha value is -4.82. The maximum atomic E-state index is 4.50. The van der Waals surface area contributed by atoms with Crippen molar-refractivity contribution in [2.45, 2.75) is 19.8 Å². The van der Waals surface area contributed by atoms with Crippen LogP contribution in [0.1, 0.15) is 25.3 Å². The Morgan fingerprint density at radius 1 is 0.718 bits per heavy atom. The molecule has 2 nitrogen and oxygen atoms in total. The third kappa shape index (κ3) is 3.72. The van der Waals surface area contributed by atoms with E-state index in [0.717, 1.165) is 29.1 Å². The van der Waals surface area contributed by atoms with Crippen LogP contribution in [0, 0.1) is 0 Å². The molecule has 6 aromatic rings. The summed E-state index contributed by atoms with van der Waals surface area (Å²) < 4.78 is 4.78. The van der Waals surface area contributed by atoms with Crippen LogP contribution in [0.2, 0.25) is 0 Å². The Kier molecular flexibility index (Phi) is 5.67. The van der Waals surface area contributed by atoms with Gasteiger partial charge in [-0.2, -0.15) is 0 Å². The summed E-state index contributed by atoms with van der Waals surface area (Å²) in [5.41, 5.74) is 7.47. The van der Waals surface area contributed by atoms with E-state index in [0.29, 0.717) is 0 Å². The molecule has 0 radical (unpaired) electrons. The second kappa shape index (κ2) is 9.49. The van der Waals surface area contributed by atoms with Gasteiger partial charge in [-0.05, 0) is 73.4 Å². The first-order valence-corrected chi connectivity index (χ1v) is 13.7. The maximum absolute atomic E-state index is 4.50. The third-order valence-electron chi connectivity index (χ3n) is 7.88. The molecule has 188 valence electrons. The highest BCUT2D eigenvalue weighted by Crippen LogP contribution is 2.26. The normalized spacial score (nSPS) is 13.9. The molecule has 0 aliphatic heterocycles. The molecule has 0 amide bonds. The minimum Gasteiger partial charge on any atom is -0.310 e. The lowest BCUT2D eigenvalue weighted by molar-refractivity contribution is 1.01. The van der Waals surface area contributed by atoms with Crippen LogP contribution in [0.25, 0.3) is 57.5 Å². The molecule has 0 fully saturated rings. The van der Waals surface area contributed by atoms with E-state index in [4.69, 9.17) is 0 Å². The fraction of sp³-hybridized carbons (Fsp3) is 0.0811. The van der Waals surface area contributed by atoms with Crippen molar-refractivity contribution in [1.29, 1.82) is 0 Å². The lowest BCUT2D eigenvalue weighted by Gasteiger charge is -2.13. The van der Waals surface area contributed by atoms with E-state index in [1.807, 2.05) is 6.92 Å². The van der Waals surface area contributed by atoms with Gasteiger partial charge in [-0.1, -0.05) is 91.5 Å². The number of rotatable bonds is 4. The van der Waals surface area contributed by atoms with Crippen molar-refractivity contribution < 1.29 is 0 Å². The number of benzene rings is 4. The van der Waals surface area contributed by atoms with E-state index in [2.05, 4.69) is 143 Å². The number of nitrogens with zero attached hydrogens (tertiary/aromatic N) is 2. The minimum absolute atomic E-state index is 1.02. The van der Waals surface area contributed by atoms with Gasteiger partial charge in [0.1, 0.15) is 0 Å². The van der Waals surface area contributed by atoms with Crippen molar-refractivity contribution in [1.82, 2.24) is 9.13 Å². The van der Waals surface area contributed by atoms with Crippen LogP contribution in [-0.2, 0) is 0 Å². The Morgan fingerprint density at radius 2 is 1.41 bits per heavy atom. The molecule has 0 spiro atoms. The number of aromatic nitrogens is 2. The highest BCUT2D eigenvalue weighted by molar-refractivity contribution is 5.91. The number of para-hydroxylation sites is 3. The van der Waals surface area contributed by atoms with Gasteiger partial charge >= 0.3 is 0 Å². The van der Waals surface area contributed by atoms with E-state index in [1.54, 1.807) is 0 Å². The van der Waals surface area contributed by atoms with E-state index in [9.17, 15) is 0 Å². The minimum atomic E-state index is 1.02. The van der Waals surface area contributed by atoms with Crippen molar-refractivity contribution in [3.05, 3.63) is 142 Å². The smallest absolute Gasteiger partial charge is 0.0546 e. The van der Waals surface area contributed by atoms with Gasteiger partial charge in [-0.15, -0.1) is 0 Å². The van der Waals surface area contributed by atoms with Gasteiger partial charge in [-0.3, -0.25) is 0 Å². The summed E-state index contributed by atoms with van der Waals surface area (Å²) in [5, 5.41) is 7.32. The van der Waals surface area contributed by atoms with Gasteiger partial charge in [0.2, 0.25) is 0 Å². The second-order valence-electron chi connectivity index (χ2n) is 10.1. The zero-order chi connectivity index (χ0) is 26.3. The molecule has 0 bridgehead atoms. The summed E-state index contributed by atoms with van der Waals surface area (Å²) in [6, 6.07) is 37.1. The van der Waals surface area contributed by atoms with Crippen molar-refractivity contribution in [2.24, 2.45) is 0 Å². The molecule has 2 aromatic heterocycles. The van der Waals surface area contributed by atoms with Gasteiger partial charge in [0, 0.05) is 32.6 Å². The van der Waals surface area contributed by atoms with Gasteiger partial charge in [-0.25, -0.2) is 0 Å². The van der Waals surface area contributed by atoms with Crippen molar-refractivity contribution in [3.8, 4) is 11.4 Å². The van der Waals surface area contributed by atoms with Gasteiger partial charge < -0.3 is 9.13 Å². The number of fused-ring (bicyclic) bond motifs is 4. The highest BCUT2D eigenvalue weighted by atomic mass is 15.0. The molecule has 0 saturated carbocycles. The Labute approximate surface area is 228 Å². The molecule has 0 unspecified atom stereocenters. The van der Waals surface area contributed by atoms with Gasteiger partial charge in [0.25, 0.3) is 0 Å². The van der Waals surface area contributed by atoms with Crippen LogP contribution in [0.3, 0.4) is 0 Å². The predicted molar refractivity (Wildman–Crippen MR) is 166 cm³/mol. The van der Waals surface area contributed by atoms with Crippen LogP contribution in [0.5, 0.6) is 0 Å². The summed E-state index contributed by atoms with van der Waals surface area (Å²) >= 11 is 0. The van der Waals surface area contributed by atoms with Gasteiger partial charge in [0.05, 0.1) is 21.7 Å². The quantitative estimate of drug-likeness (QED) is 0.275. The summed E-state index contributed by atoms with van der Waals surface area (Å²) in [6.45, 7) is 6.55. The van der Waals surface area contributed by atoms with Crippen LogP contribution < -0.4 is 21.1 Å². The summed E-state index contributed by atoms with van der Waals surface area (Å²) in [6.07, 6.45) is 10.8.